The number of aromatic carboxylic acids is 1. The molecular formula is C34H28BCl2IN4O8S2. The van der Waals surface area contributed by atoms with Crippen LogP contribution in [0.4, 0.5) is 0 Å². The molecule has 3 N–H and O–H groups in total. The third kappa shape index (κ3) is 12.8. The smallest absolute Gasteiger partial charge is 0.486 e. The lowest BCUT2D eigenvalue weighted by molar-refractivity contribution is 0.0519. The molecule has 0 saturated heterocycles. The minimum atomic E-state index is -1.54. The van der Waals surface area contributed by atoms with Crippen molar-refractivity contribution in [2.24, 2.45) is 0 Å². The van der Waals surface area contributed by atoms with E-state index in [9.17, 15) is 9.59 Å². The number of carboxylic acids is 1. The van der Waals surface area contributed by atoms with Gasteiger partial charge in [0, 0.05) is 37.8 Å². The van der Waals surface area contributed by atoms with Crippen LogP contribution in [-0.2, 0) is 18.0 Å². The number of benzene rings is 2. The topological polar surface area (TPSA) is 174 Å². The number of thiazole rings is 2. The van der Waals surface area contributed by atoms with Gasteiger partial charge in [-0.2, -0.15) is 0 Å². The molecule has 0 fully saturated rings. The van der Waals surface area contributed by atoms with Crippen LogP contribution in [0.15, 0.2) is 96.0 Å². The van der Waals surface area contributed by atoms with Gasteiger partial charge < -0.3 is 29.4 Å². The first-order valence-electron chi connectivity index (χ1n) is 15.0. The van der Waals surface area contributed by atoms with Crippen molar-refractivity contribution >= 4 is 93.0 Å². The number of nitrogens with zero attached hydrogens (tertiary/aromatic N) is 4. The van der Waals surface area contributed by atoms with Crippen LogP contribution < -0.4 is 14.9 Å². The van der Waals surface area contributed by atoms with E-state index >= 15 is 0 Å². The zero-order valence-corrected chi connectivity index (χ0v) is 32.4. The van der Waals surface area contributed by atoms with Crippen LogP contribution in [0.25, 0.3) is 11.1 Å². The zero-order chi connectivity index (χ0) is 37.5. The molecule has 0 amide bonds. The van der Waals surface area contributed by atoms with Gasteiger partial charge in [-0.05, 0) is 89.7 Å². The van der Waals surface area contributed by atoms with E-state index in [2.05, 4.69) is 42.5 Å². The summed E-state index contributed by atoms with van der Waals surface area (Å²) in [6, 6.07) is 22.0. The number of esters is 1. The number of pyridine rings is 2. The number of aromatic nitrogens is 4. The lowest BCUT2D eigenvalue weighted by atomic mass is 9.82. The summed E-state index contributed by atoms with van der Waals surface area (Å²) in [6.07, 6.45) is 3.12. The Kier molecular flexibility index (Phi) is 16.2. The van der Waals surface area contributed by atoms with Gasteiger partial charge >= 0.3 is 19.1 Å². The van der Waals surface area contributed by atoms with Crippen LogP contribution in [0, 0.1) is 3.57 Å². The molecule has 18 heteroatoms. The van der Waals surface area contributed by atoms with Gasteiger partial charge in [-0.1, -0.05) is 41.4 Å². The van der Waals surface area contributed by atoms with E-state index in [0.29, 0.717) is 34.8 Å². The predicted octanol–water partition coefficient (Wildman–Crippen LogP) is 7.05. The summed E-state index contributed by atoms with van der Waals surface area (Å²) in [5, 5.41) is 31.2. The largest absolute Gasteiger partial charge is 0.491 e. The zero-order valence-electron chi connectivity index (χ0n) is 27.1. The molecule has 0 aliphatic heterocycles. The highest BCUT2D eigenvalue weighted by molar-refractivity contribution is 14.1. The van der Waals surface area contributed by atoms with Crippen LogP contribution in [0.5, 0.6) is 11.5 Å². The molecule has 6 rings (SSSR count). The van der Waals surface area contributed by atoms with Crippen molar-refractivity contribution in [2.75, 3.05) is 6.61 Å². The molecule has 0 aliphatic rings. The van der Waals surface area contributed by atoms with E-state index in [1.807, 2.05) is 60.7 Å². The fraction of sp³-hybridized carbons (Fsp3) is 0.118. The molecule has 6 aromatic rings. The van der Waals surface area contributed by atoms with Crippen LogP contribution in [0.3, 0.4) is 0 Å². The van der Waals surface area contributed by atoms with E-state index in [1.54, 1.807) is 24.6 Å². The van der Waals surface area contributed by atoms with Crippen molar-refractivity contribution in [3.63, 3.8) is 0 Å². The number of hydrogen-bond acceptors (Lipinski definition) is 13. The second kappa shape index (κ2) is 20.8. The SMILES string of the molecule is CCOC(=O)c1csc(COc2ccc(I)cc2)n1.O=C(O)c1csc(COc2ccc(-c3cccnc3Cl)cc2)n1.OB(O)c1cccnc1Cl. The van der Waals surface area contributed by atoms with Gasteiger partial charge in [0.1, 0.15) is 45.0 Å². The Morgan fingerprint density at radius 2 is 1.33 bits per heavy atom. The second-order valence-electron chi connectivity index (χ2n) is 9.93. The second-order valence-corrected chi connectivity index (χ2v) is 13.8. The standard InChI is InChI=1S/C16H11ClN2O3S.C13H12INO3S.C5H5BClNO2/c17-15-12(2-1-7-18-15)10-3-5-11(6-4-10)22-8-14-19-13(9-23-14)16(20)21;1-2-17-13(16)11-8-19-12(15-11)7-18-10-5-3-9(14)4-6-10;7-5-4(6(9)10)2-1-3-8-5/h1-7,9H,8H2,(H,20,21);3-6,8H,2,7H2,1H3;1-3,9-10H. The van der Waals surface area contributed by atoms with Gasteiger partial charge in [0.05, 0.1) is 6.61 Å². The van der Waals surface area contributed by atoms with Gasteiger partial charge in [-0.15, -0.1) is 22.7 Å². The molecule has 52 heavy (non-hydrogen) atoms. The van der Waals surface area contributed by atoms with Gasteiger partial charge in [0.25, 0.3) is 0 Å². The first-order valence-corrected chi connectivity index (χ1v) is 18.6. The number of carboxylic acid groups (broad SMARTS) is 1. The number of halogens is 3. The molecule has 0 radical (unpaired) electrons. The monoisotopic (exact) mass is 892 g/mol. The molecule has 268 valence electrons. The number of carbonyl (C=O) groups excluding carboxylic acids is 1. The summed E-state index contributed by atoms with van der Waals surface area (Å²) in [5.41, 5.74) is 2.40. The minimum absolute atomic E-state index is 0.0372. The van der Waals surface area contributed by atoms with E-state index in [-0.39, 0.29) is 28.9 Å². The van der Waals surface area contributed by atoms with Gasteiger partial charge in [-0.3, -0.25) is 0 Å². The maximum Gasteiger partial charge on any atom is 0.491 e. The first-order chi connectivity index (χ1) is 25.0. The fourth-order valence-electron chi connectivity index (χ4n) is 3.90. The highest BCUT2D eigenvalue weighted by Crippen LogP contribution is 2.27. The van der Waals surface area contributed by atoms with Gasteiger partial charge in [-0.25, -0.2) is 29.5 Å². The summed E-state index contributed by atoms with van der Waals surface area (Å²) >= 11 is 16.4. The van der Waals surface area contributed by atoms with Crippen molar-refractivity contribution in [3.8, 4) is 22.6 Å². The number of carbonyl (C=O) groups is 2. The summed E-state index contributed by atoms with van der Waals surface area (Å²) in [7, 11) is -1.54. The van der Waals surface area contributed by atoms with Crippen molar-refractivity contribution in [2.45, 2.75) is 20.1 Å². The highest BCUT2D eigenvalue weighted by Gasteiger charge is 2.15. The van der Waals surface area contributed by atoms with Crippen LogP contribution in [0.2, 0.25) is 10.3 Å². The fourth-order valence-corrected chi connectivity index (χ4v) is 6.05. The summed E-state index contributed by atoms with van der Waals surface area (Å²) in [4.78, 5) is 38.1. The summed E-state index contributed by atoms with van der Waals surface area (Å²) in [5.74, 6) is 0.0265. The Hall–Kier alpha value is -4.17. The van der Waals surface area contributed by atoms with Crippen LogP contribution >= 0.6 is 68.5 Å². The molecule has 0 saturated carbocycles. The minimum Gasteiger partial charge on any atom is -0.486 e. The van der Waals surface area contributed by atoms with E-state index in [4.69, 9.17) is 52.6 Å². The Balaban J connectivity index is 0.000000188. The Labute approximate surface area is 330 Å². The molecule has 4 aromatic heterocycles. The Morgan fingerprint density at radius 3 is 1.83 bits per heavy atom. The average molecular weight is 893 g/mol. The third-order valence-corrected chi connectivity index (χ3v) is 9.32. The maximum atomic E-state index is 11.5. The van der Waals surface area contributed by atoms with Crippen molar-refractivity contribution in [1.29, 1.82) is 0 Å². The normalized spacial score (nSPS) is 10.2. The summed E-state index contributed by atoms with van der Waals surface area (Å²) < 4.78 is 17.2. The maximum absolute atomic E-state index is 11.5. The molecule has 0 bridgehead atoms. The predicted molar refractivity (Wildman–Crippen MR) is 209 cm³/mol. The molecule has 0 atom stereocenters. The summed E-state index contributed by atoms with van der Waals surface area (Å²) in [6.45, 7) is 2.70. The van der Waals surface area contributed by atoms with Crippen molar-refractivity contribution < 1.29 is 39.0 Å². The van der Waals surface area contributed by atoms with Crippen molar-refractivity contribution in [3.05, 3.63) is 131 Å². The first kappa shape index (κ1) is 40.6. The number of rotatable bonds is 11. The molecule has 12 nitrogen and oxygen atoms in total. The molecule has 0 unspecified atom stereocenters. The highest BCUT2D eigenvalue weighted by atomic mass is 127. The van der Waals surface area contributed by atoms with Gasteiger partial charge in [0.2, 0.25) is 0 Å². The third-order valence-electron chi connectivity index (χ3n) is 6.34. The van der Waals surface area contributed by atoms with Crippen LogP contribution in [0.1, 0.15) is 37.9 Å². The Morgan fingerprint density at radius 1 is 0.788 bits per heavy atom. The average Bonchev–Trinajstić information content (AvgIpc) is 3.83. The lowest BCUT2D eigenvalue weighted by Gasteiger charge is -2.06. The molecule has 2 aromatic carbocycles. The van der Waals surface area contributed by atoms with Gasteiger partial charge in [0.15, 0.2) is 11.4 Å². The number of hydrogen-bond donors (Lipinski definition) is 3. The molecule has 4 heterocycles. The number of ether oxygens (including phenoxy) is 3. The lowest BCUT2D eigenvalue weighted by Crippen LogP contribution is -2.31. The molecule has 0 spiro atoms. The molecular weight excluding hydrogens is 865 g/mol. The van der Waals surface area contributed by atoms with E-state index in [1.165, 1.54) is 40.3 Å². The molecule has 0 aliphatic carbocycles. The quantitative estimate of drug-likeness (QED) is 0.0524. The Bertz CT molecular complexity index is 2050. The van der Waals surface area contributed by atoms with E-state index < -0.39 is 13.1 Å². The van der Waals surface area contributed by atoms with Crippen molar-refractivity contribution in [1.82, 2.24) is 19.9 Å². The van der Waals surface area contributed by atoms with E-state index in [0.717, 1.165) is 25.5 Å². The van der Waals surface area contributed by atoms with Crippen LogP contribution in [-0.4, -0.2) is 60.8 Å².